The van der Waals surface area contributed by atoms with Crippen molar-refractivity contribution >= 4 is 21.6 Å². The molecule has 1 saturated heterocycles. The molecule has 1 aromatic rings. The largest absolute Gasteiger partial charge is 0.383 e. The standard InChI is InChI=1S/C16H25BrN2O2/c1-3-15-12-21-9-7-19(15)16-5-4-14(17)10-13(16)11-18-6-8-20-2/h4-5,10,15,18H,3,6-9,11-12H2,1-2H3. The van der Waals surface area contributed by atoms with Gasteiger partial charge in [0.2, 0.25) is 0 Å². The zero-order valence-electron chi connectivity index (χ0n) is 12.9. The van der Waals surface area contributed by atoms with Gasteiger partial charge in [-0.3, -0.25) is 0 Å². The van der Waals surface area contributed by atoms with Crippen LogP contribution in [0, 0.1) is 0 Å². The van der Waals surface area contributed by atoms with Crippen LogP contribution >= 0.6 is 15.9 Å². The second-order valence-corrected chi connectivity index (χ2v) is 6.19. The third kappa shape index (κ3) is 4.68. The molecule has 1 atom stereocenters. The van der Waals surface area contributed by atoms with Gasteiger partial charge in [-0.1, -0.05) is 22.9 Å². The topological polar surface area (TPSA) is 33.7 Å². The zero-order chi connectivity index (χ0) is 15.1. The molecular weight excluding hydrogens is 332 g/mol. The van der Waals surface area contributed by atoms with Crippen molar-refractivity contribution in [3.63, 3.8) is 0 Å². The first kappa shape index (κ1) is 16.7. The highest BCUT2D eigenvalue weighted by Gasteiger charge is 2.23. The fourth-order valence-corrected chi connectivity index (χ4v) is 3.09. The molecule has 1 fully saturated rings. The molecule has 1 aliphatic rings. The predicted molar refractivity (Wildman–Crippen MR) is 90.0 cm³/mol. The average Bonchev–Trinajstić information content (AvgIpc) is 2.52. The van der Waals surface area contributed by atoms with E-state index in [2.05, 4.69) is 51.3 Å². The molecule has 0 bridgehead atoms. The first-order valence-corrected chi connectivity index (χ1v) is 8.38. The Balaban J connectivity index is 2.13. The Morgan fingerprint density at radius 1 is 1.48 bits per heavy atom. The Labute approximate surface area is 135 Å². The molecule has 1 N–H and O–H groups in total. The lowest BCUT2D eigenvalue weighted by atomic mass is 10.1. The molecule has 1 aromatic carbocycles. The van der Waals surface area contributed by atoms with E-state index in [0.29, 0.717) is 6.04 Å². The monoisotopic (exact) mass is 356 g/mol. The number of ether oxygens (including phenoxy) is 2. The van der Waals surface area contributed by atoms with Gasteiger partial charge < -0.3 is 19.7 Å². The summed E-state index contributed by atoms with van der Waals surface area (Å²) in [6.07, 6.45) is 1.10. The van der Waals surface area contributed by atoms with Crippen LogP contribution in [-0.4, -0.2) is 46.1 Å². The van der Waals surface area contributed by atoms with Crippen molar-refractivity contribution in [3.05, 3.63) is 28.2 Å². The Kier molecular flexibility index (Phi) is 6.96. The van der Waals surface area contributed by atoms with Gasteiger partial charge in [0.15, 0.2) is 0 Å². The summed E-state index contributed by atoms with van der Waals surface area (Å²) in [7, 11) is 1.73. The highest BCUT2D eigenvalue weighted by Crippen LogP contribution is 2.28. The van der Waals surface area contributed by atoms with Crippen LogP contribution in [0.4, 0.5) is 5.69 Å². The number of nitrogens with one attached hydrogen (secondary N) is 1. The van der Waals surface area contributed by atoms with Gasteiger partial charge in [-0.05, 0) is 30.2 Å². The second-order valence-electron chi connectivity index (χ2n) is 5.27. The van der Waals surface area contributed by atoms with Crippen LogP contribution in [0.15, 0.2) is 22.7 Å². The van der Waals surface area contributed by atoms with Gasteiger partial charge in [-0.2, -0.15) is 0 Å². The van der Waals surface area contributed by atoms with Crippen LogP contribution < -0.4 is 10.2 Å². The van der Waals surface area contributed by atoms with E-state index in [1.807, 2.05) is 0 Å². The van der Waals surface area contributed by atoms with Crippen LogP contribution in [0.1, 0.15) is 18.9 Å². The number of hydrogen-bond acceptors (Lipinski definition) is 4. The minimum atomic E-state index is 0.470. The summed E-state index contributed by atoms with van der Waals surface area (Å²) in [5.41, 5.74) is 2.64. The van der Waals surface area contributed by atoms with E-state index in [1.165, 1.54) is 11.3 Å². The van der Waals surface area contributed by atoms with Gasteiger partial charge in [-0.15, -0.1) is 0 Å². The molecule has 21 heavy (non-hydrogen) atoms. The van der Waals surface area contributed by atoms with E-state index in [0.717, 1.165) is 50.3 Å². The van der Waals surface area contributed by atoms with Crippen LogP contribution in [0.25, 0.3) is 0 Å². The molecule has 0 radical (unpaired) electrons. The zero-order valence-corrected chi connectivity index (χ0v) is 14.5. The number of methoxy groups -OCH3 is 1. The highest BCUT2D eigenvalue weighted by molar-refractivity contribution is 9.10. The SMILES string of the molecule is CCC1COCCN1c1ccc(Br)cc1CNCCOC. The number of hydrogen-bond donors (Lipinski definition) is 1. The van der Waals surface area contributed by atoms with E-state index in [4.69, 9.17) is 9.47 Å². The maximum atomic E-state index is 5.62. The fourth-order valence-electron chi connectivity index (χ4n) is 2.68. The summed E-state index contributed by atoms with van der Waals surface area (Å²) in [5.74, 6) is 0. The highest BCUT2D eigenvalue weighted by atomic mass is 79.9. The summed E-state index contributed by atoms with van der Waals surface area (Å²) in [6, 6.07) is 7.01. The van der Waals surface area contributed by atoms with E-state index < -0.39 is 0 Å². The number of anilines is 1. The summed E-state index contributed by atoms with van der Waals surface area (Å²) < 4.78 is 11.8. The summed E-state index contributed by atoms with van der Waals surface area (Å²) in [4.78, 5) is 2.49. The van der Waals surface area contributed by atoms with Crippen molar-refractivity contribution in [2.45, 2.75) is 25.9 Å². The third-order valence-corrected chi connectivity index (χ3v) is 4.34. The Bertz CT molecular complexity index is 442. The maximum absolute atomic E-state index is 5.62. The number of benzene rings is 1. The summed E-state index contributed by atoms with van der Waals surface area (Å²) in [5, 5.41) is 3.44. The van der Waals surface area contributed by atoms with Crippen molar-refractivity contribution < 1.29 is 9.47 Å². The smallest absolute Gasteiger partial charge is 0.0670 e. The maximum Gasteiger partial charge on any atom is 0.0670 e. The Hall–Kier alpha value is -0.620. The first-order chi connectivity index (χ1) is 10.3. The molecule has 1 aliphatic heterocycles. The van der Waals surface area contributed by atoms with Gasteiger partial charge in [0.25, 0.3) is 0 Å². The number of morpholine rings is 1. The van der Waals surface area contributed by atoms with Crippen molar-refractivity contribution in [1.29, 1.82) is 0 Å². The van der Waals surface area contributed by atoms with Gasteiger partial charge in [0, 0.05) is 36.9 Å². The minimum Gasteiger partial charge on any atom is -0.383 e. The van der Waals surface area contributed by atoms with E-state index in [9.17, 15) is 0 Å². The normalized spacial score (nSPS) is 19.0. The quantitative estimate of drug-likeness (QED) is 0.761. The van der Waals surface area contributed by atoms with E-state index in [1.54, 1.807) is 7.11 Å². The lowest BCUT2D eigenvalue weighted by molar-refractivity contribution is 0.0929. The van der Waals surface area contributed by atoms with Gasteiger partial charge >= 0.3 is 0 Å². The van der Waals surface area contributed by atoms with Crippen LogP contribution in [0.3, 0.4) is 0 Å². The van der Waals surface area contributed by atoms with Gasteiger partial charge in [-0.25, -0.2) is 0 Å². The summed E-state index contributed by atoms with van der Waals surface area (Å²) >= 11 is 3.58. The molecular formula is C16H25BrN2O2. The van der Waals surface area contributed by atoms with E-state index >= 15 is 0 Å². The lowest BCUT2D eigenvalue weighted by Crippen LogP contribution is -2.45. The molecule has 5 heteroatoms. The van der Waals surface area contributed by atoms with Crippen LogP contribution in [-0.2, 0) is 16.0 Å². The number of nitrogens with zero attached hydrogens (tertiary/aromatic N) is 1. The van der Waals surface area contributed by atoms with Crippen molar-refractivity contribution in [3.8, 4) is 0 Å². The van der Waals surface area contributed by atoms with Crippen LogP contribution in [0.2, 0.25) is 0 Å². The molecule has 0 amide bonds. The molecule has 0 aliphatic carbocycles. The number of halogens is 1. The van der Waals surface area contributed by atoms with E-state index in [-0.39, 0.29) is 0 Å². The van der Waals surface area contributed by atoms with Crippen molar-refractivity contribution in [2.75, 3.05) is 44.9 Å². The minimum absolute atomic E-state index is 0.470. The van der Waals surface area contributed by atoms with Crippen LogP contribution in [0.5, 0.6) is 0 Å². The first-order valence-electron chi connectivity index (χ1n) is 7.58. The van der Waals surface area contributed by atoms with Gasteiger partial charge in [0.1, 0.15) is 0 Å². The predicted octanol–water partition coefficient (Wildman–Crippen LogP) is 2.80. The summed E-state index contributed by atoms with van der Waals surface area (Å²) in [6.45, 7) is 7.27. The van der Waals surface area contributed by atoms with Crippen molar-refractivity contribution in [2.24, 2.45) is 0 Å². The second kappa shape index (κ2) is 8.73. The Morgan fingerprint density at radius 2 is 2.33 bits per heavy atom. The third-order valence-electron chi connectivity index (χ3n) is 3.85. The number of rotatable bonds is 7. The molecule has 0 aromatic heterocycles. The lowest BCUT2D eigenvalue weighted by Gasteiger charge is -2.38. The molecule has 118 valence electrons. The molecule has 0 spiro atoms. The molecule has 1 unspecified atom stereocenters. The molecule has 1 heterocycles. The molecule has 4 nitrogen and oxygen atoms in total. The fraction of sp³-hybridized carbons (Fsp3) is 0.625. The Morgan fingerprint density at radius 3 is 3.10 bits per heavy atom. The average molecular weight is 357 g/mol. The van der Waals surface area contributed by atoms with Crippen molar-refractivity contribution in [1.82, 2.24) is 5.32 Å². The van der Waals surface area contributed by atoms with Gasteiger partial charge in [0.05, 0.1) is 25.9 Å². The molecule has 2 rings (SSSR count). The molecule has 0 saturated carbocycles.